The maximum absolute atomic E-state index is 4.64. The summed E-state index contributed by atoms with van der Waals surface area (Å²) in [6, 6.07) is 7.84. The van der Waals surface area contributed by atoms with Crippen LogP contribution in [0.1, 0.15) is 31.3 Å². The van der Waals surface area contributed by atoms with Gasteiger partial charge < -0.3 is 4.57 Å². The van der Waals surface area contributed by atoms with Crippen molar-refractivity contribution >= 4 is 5.65 Å². The normalized spacial score (nSPS) is 11.5. The lowest BCUT2D eigenvalue weighted by atomic mass is 10.2. The Morgan fingerprint density at radius 2 is 1.96 bits per heavy atom. The van der Waals surface area contributed by atoms with Gasteiger partial charge in [-0.3, -0.25) is 0 Å². The molecule has 0 spiro atoms. The van der Waals surface area contributed by atoms with Crippen molar-refractivity contribution in [3.05, 3.63) is 60.7 Å². The average molecular weight is 319 g/mol. The van der Waals surface area contributed by atoms with Crippen LogP contribution in [0.3, 0.4) is 0 Å². The first-order valence-corrected chi connectivity index (χ1v) is 7.84. The van der Waals surface area contributed by atoms with Crippen molar-refractivity contribution in [2.24, 2.45) is 0 Å². The predicted octanol–water partition coefficient (Wildman–Crippen LogP) is 2.55. The van der Waals surface area contributed by atoms with Crippen LogP contribution >= 0.6 is 0 Å². The SMILES string of the molecule is CC(C)c1nccc(-c2nccn2Cc2cccc3ncnn23)n1. The summed E-state index contributed by atoms with van der Waals surface area (Å²) in [5, 5.41) is 4.29. The van der Waals surface area contributed by atoms with Gasteiger partial charge in [-0.25, -0.2) is 24.5 Å². The molecular weight excluding hydrogens is 302 g/mol. The number of fused-ring (bicyclic) bond motifs is 1. The number of rotatable bonds is 4. The molecule has 7 nitrogen and oxygen atoms in total. The Kier molecular flexibility index (Phi) is 3.53. The Hall–Kier alpha value is -3.09. The third kappa shape index (κ3) is 2.54. The standard InChI is InChI=1S/C17H17N7/c1-12(2)16-18-7-6-14(22-16)17-19-8-9-23(17)10-13-4-3-5-15-20-11-21-24(13)15/h3-9,11-12H,10H2,1-2H3. The van der Waals surface area contributed by atoms with Crippen molar-refractivity contribution in [1.29, 1.82) is 0 Å². The predicted molar refractivity (Wildman–Crippen MR) is 89.4 cm³/mol. The minimum Gasteiger partial charge on any atom is -0.324 e. The van der Waals surface area contributed by atoms with E-state index in [0.717, 1.165) is 28.7 Å². The van der Waals surface area contributed by atoms with Crippen LogP contribution in [-0.2, 0) is 6.54 Å². The average Bonchev–Trinajstić information content (AvgIpc) is 3.24. The quantitative estimate of drug-likeness (QED) is 0.578. The van der Waals surface area contributed by atoms with E-state index in [2.05, 4.69) is 43.4 Å². The largest absolute Gasteiger partial charge is 0.324 e. The van der Waals surface area contributed by atoms with Gasteiger partial charge in [0.2, 0.25) is 0 Å². The first-order chi connectivity index (χ1) is 11.7. The van der Waals surface area contributed by atoms with E-state index in [4.69, 9.17) is 0 Å². The van der Waals surface area contributed by atoms with Crippen molar-refractivity contribution in [3.8, 4) is 11.5 Å². The molecule has 0 aliphatic rings. The molecule has 7 heteroatoms. The van der Waals surface area contributed by atoms with Crippen LogP contribution in [0, 0.1) is 0 Å². The van der Waals surface area contributed by atoms with Crippen molar-refractivity contribution in [2.45, 2.75) is 26.3 Å². The Morgan fingerprint density at radius 3 is 2.83 bits per heavy atom. The fourth-order valence-electron chi connectivity index (χ4n) is 2.64. The first-order valence-electron chi connectivity index (χ1n) is 7.84. The molecule has 0 bridgehead atoms. The van der Waals surface area contributed by atoms with Gasteiger partial charge >= 0.3 is 0 Å². The van der Waals surface area contributed by atoms with Crippen LogP contribution in [0.4, 0.5) is 0 Å². The molecule has 0 saturated carbocycles. The molecule has 0 aliphatic heterocycles. The summed E-state index contributed by atoms with van der Waals surface area (Å²) in [5.74, 6) is 1.91. The fourth-order valence-corrected chi connectivity index (χ4v) is 2.64. The van der Waals surface area contributed by atoms with Crippen molar-refractivity contribution in [1.82, 2.24) is 34.1 Å². The number of imidazole rings is 1. The van der Waals surface area contributed by atoms with Crippen LogP contribution < -0.4 is 0 Å². The second-order valence-electron chi connectivity index (χ2n) is 5.88. The number of aromatic nitrogens is 7. The van der Waals surface area contributed by atoms with Crippen molar-refractivity contribution < 1.29 is 0 Å². The van der Waals surface area contributed by atoms with Crippen LogP contribution in [0.25, 0.3) is 17.2 Å². The summed E-state index contributed by atoms with van der Waals surface area (Å²) < 4.78 is 3.90. The van der Waals surface area contributed by atoms with E-state index < -0.39 is 0 Å². The molecule has 4 aromatic heterocycles. The molecule has 0 amide bonds. The summed E-state index contributed by atoms with van der Waals surface area (Å²) in [5.41, 5.74) is 2.69. The second-order valence-corrected chi connectivity index (χ2v) is 5.88. The van der Waals surface area contributed by atoms with Crippen LogP contribution in [0.2, 0.25) is 0 Å². The Balaban J connectivity index is 1.73. The summed E-state index contributed by atoms with van der Waals surface area (Å²) in [6.07, 6.45) is 7.08. The third-order valence-corrected chi connectivity index (χ3v) is 3.85. The highest BCUT2D eigenvalue weighted by Gasteiger charge is 2.12. The molecular formula is C17H17N7. The van der Waals surface area contributed by atoms with Crippen LogP contribution in [0.15, 0.2) is 49.2 Å². The zero-order chi connectivity index (χ0) is 16.5. The van der Waals surface area contributed by atoms with Gasteiger partial charge in [0.05, 0.1) is 12.2 Å². The molecule has 120 valence electrons. The van der Waals surface area contributed by atoms with Gasteiger partial charge in [-0.1, -0.05) is 19.9 Å². The van der Waals surface area contributed by atoms with Gasteiger partial charge in [0, 0.05) is 24.5 Å². The molecule has 24 heavy (non-hydrogen) atoms. The molecule has 0 saturated heterocycles. The van der Waals surface area contributed by atoms with Crippen molar-refractivity contribution in [2.75, 3.05) is 0 Å². The minimum atomic E-state index is 0.275. The molecule has 0 unspecified atom stereocenters. The molecule has 0 radical (unpaired) electrons. The lowest BCUT2D eigenvalue weighted by molar-refractivity contribution is 0.733. The van der Waals surface area contributed by atoms with E-state index in [1.165, 1.54) is 0 Å². The summed E-state index contributed by atoms with van der Waals surface area (Å²) in [6.45, 7) is 4.80. The maximum atomic E-state index is 4.64. The summed E-state index contributed by atoms with van der Waals surface area (Å²) in [4.78, 5) is 17.7. The minimum absolute atomic E-state index is 0.275. The van der Waals surface area contributed by atoms with E-state index >= 15 is 0 Å². The highest BCUT2D eigenvalue weighted by atomic mass is 15.3. The highest BCUT2D eigenvalue weighted by molar-refractivity contribution is 5.49. The molecule has 0 aromatic carbocycles. The Labute approximate surface area is 139 Å². The van der Waals surface area contributed by atoms with Gasteiger partial charge in [0.15, 0.2) is 11.5 Å². The van der Waals surface area contributed by atoms with E-state index in [1.54, 1.807) is 18.7 Å². The maximum Gasteiger partial charge on any atom is 0.159 e. The molecule has 0 N–H and O–H groups in total. The lowest BCUT2D eigenvalue weighted by Crippen LogP contribution is -2.08. The Morgan fingerprint density at radius 1 is 1.04 bits per heavy atom. The van der Waals surface area contributed by atoms with Gasteiger partial charge in [0.25, 0.3) is 0 Å². The van der Waals surface area contributed by atoms with E-state index in [-0.39, 0.29) is 5.92 Å². The van der Waals surface area contributed by atoms with Crippen molar-refractivity contribution in [3.63, 3.8) is 0 Å². The summed E-state index contributed by atoms with van der Waals surface area (Å²) >= 11 is 0. The third-order valence-electron chi connectivity index (χ3n) is 3.85. The number of hydrogen-bond acceptors (Lipinski definition) is 5. The smallest absolute Gasteiger partial charge is 0.159 e. The zero-order valence-electron chi connectivity index (χ0n) is 13.5. The van der Waals surface area contributed by atoms with E-state index in [9.17, 15) is 0 Å². The van der Waals surface area contributed by atoms with Gasteiger partial charge in [-0.15, -0.1) is 0 Å². The van der Waals surface area contributed by atoms with Crippen LogP contribution in [0.5, 0.6) is 0 Å². The lowest BCUT2D eigenvalue weighted by Gasteiger charge is -2.10. The van der Waals surface area contributed by atoms with E-state index in [0.29, 0.717) is 6.54 Å². The number of nitrogens with zero attached hydrogens (tertiary/aromatic N) is 7. The number of hydrogen-bond donors (Lipinski definition) is 0. The van der Waals surface area contributed by atoms with Gasteiger partial charge in [-0.05, 0) is 18.2 Å². The topological polar surface area (TPSA) is 73.8 Å². The highest BCUT2D eigenvalue weighted by Crippen LogP contribution is 2.18. The number of pyridine rings is 1. The first kappa shape index (κ1) is 14.5. The fraction of sp³-hybridized carbons (Fsp3) is 0.235. The zero-order valence-corrected chi connectivity index (χ0v) is 13.5. The summed E-state index contributed by atoms with van der Waals surface area (Å²) in [7, 11) is 0. The van der Waals surface area contributed by atoms with Gasteiger partial charge in [0.1, 0.15) is 17.8 Å². The molecule has 0 aliphatic carbocycles. The molecule has 0 atom stereocenters. The molecule has 4 rings (SSSR count). The second kappa shape index (κ2) is 5.84. The van der Waals surface area contributed by atoms with Gasteiger partial charge in [-0.2, -0.15) is 5.10 Å². The molecule has 4 aromatic rings. The molecule has 4 heterocycles. The van der Waals surface area contributed by atoms with E-state index in [1.807, 2.05) is 35.0 Å². The Bertz CT molecular complexity index is 983. The van der Waals surface area contributed by atoms with Crippen LogP contribution in [-0.4, -0.2) is 34.1 Å². The molecule has 0 fully saturated rings. The monoisotopic (exact) mass is 319 g/mol.